The number of hydrogen-bond acceptors (Lipinski definition) is 2. The van der Waals surface area contributed by atoms with Gasteiger partial charge < -0.3 is 4.98 Å². The fraction of sp³-hybridized carbons (Fsp3) is 0.286. The smallest absolute Gasteiger partial charge is 0.265 e. The standard InChI is InChI=1S/C14H13BrF2N2O/c1-2-3-11-13(15)14(20)19-12(18-11)6-8-4-9(16)7-10(17)5-8/h4-5,7H,2-3,6H2,1H3,(H,18,19,20). The van der Waals surface area contributed by atoms with E-state index in [4.69, 9.17) is 0 Å². The van der Waals surface area contributed by atoms with E-state index in [0.29, 0.717) is 28.0 Å². The lowest BCUT2D eigenvalue weighted by Crippen LogP contribution is -2.16. The zero-order chi connectivity index (χ0) is 14.7. The average Bonchev–Trinajstić information content (AvgIpc) is 2.34. The van der Waals surface area contributed by atoms with Crippen molar-refractivity contribution in [3.8, 4) is 0 Å². The zero-order valence-corrected chi connectivity index (χ0v) is 12.4. The van der Waals surface area contributed by atoms with E-state index >= 15 is 0 Å². The Hall–Kier alpha value is -1.56. The Kier molecular flexibility index (Phi) is 4.65. The summed E-state index contributed by atoms with van der Waals surface area (Å²) in [6.07, 6.45) is 1.69. The second-order valence-corrected chi connectivity index (χ2v) is 5.27. The first-order valence-corrected chi connectivity index (χ1v) is 7.01. The minimum absolute atomic E-state index is 0.175. The molecule has 0 atom stereocenters. The molecule has 1 aromatic heterocycles. The molecule has 0 saturated heterocycles. The molecule has 0 spiro atoms. The maximum absolute atomic E-state index is 13.1. The summed E-state index contributed by atoms with van der Waals surface area (Å²) in [5, 5.41) is 0. The van der Waals surface area contributed by atoms with Gasteiger partial charge in [0.1, 0.15) is 21.9 Å². The lowest BCUT2D eigenvalue weighted by molar-refractivity contribution is 0.580. The van der Waals surface area contributed by atoms with E-state index in [1.807, 2.05) is 6.92 Å². The largest absolute Gasteiger partial charge is 0.309 e. The second kappa shape index (κ2) is 6.26. The van der Waals surface area contributed by atoms with Gasteiger partial charge in [0.15, 0.2) is 0 Å². The van der Waals surface area contributed by atoms with Crippen LogP contribution < -0.4 is 5.56 Å². The molecule has 106 valence electrons. The number of H-pyrrole nitrogens is 1. The van der Waals surface area contributed by atoms with Crippen LogP contribution in [0.1, 0.15) is 30.4 Å². The number of nitrogens with one attached hydrogen (secondary N) is 1. The number of aromatic amines is 1. The van der Waals surface area contributed by atoms with Gasteiger partial charge in [0, 0.05) is 12.5 Å². The molecule has 0 fully saturated rings. The summed E-state index contributed by atoms with van der Waals surface area (Å²) in [6.45, 7) is 1.98. The van der Waals surface area contributed by atoms with E-state index in [-0.39, 0.29) is 12.0 Å². The lowest BCUT2D eigenvalue weighted by Gasteiger charge is -2.06. The van der Waals surface area contributed by atoms with Crippen LogP contribution in [0.25, 0.3) is 0 Å². The summed E-state index contributed by atoms with van der Waals surface area (Å²) < 4.78 is 26.7. The summed E-state index contributed by atoms with van der Waals surface area (Å²) in [7, 11) is 0. The molecule has 0 amide bonds. The average molecular weight is 343 g/mol. The summed E-state index contributed by atoms with van der Waals surface area (Å²) in [6, 6.07) is 3.26. The highest BCUT2D eigenvalue weighted by Crippen LogP contribution is 2.14. The third kappa shape index (κ3) is 3.50. The maximum Gasteiger partial charge on any atom is 0.265 e. The molecule has 1 aromatic carbocycles. The highest BCUT2D eigenvalue weighted by Gasteiger charge is 2.10. The summed E-state index contributed by atoms with van der Waals surface area (Å²) in [5.74, 6) is -0.895. The van der Waals surface area contributed by atoms with E-state index in [1.54, 1.807) is 0 Å². The van der Waals surface area contributed by atoms with Gasteiger partial charge in [-0.15, -0.1) is 0 Å². The van der Waals surface area contributed by atoms with Crippen molar-refractivity contribution >= 4 is 15.9 Å². The molecule has 1 heterocycles. The van der Waals surface area contributed by atoms with Gasteiger partial charge in [-0.25, -0.2) is 13.8 Å². The summed E-state index contributed by atoms with van der Waals surface area (Å²) in [5.41, 5.74) is 0.800. The van der Waals surface area contributed by atoms with Crippen molar-refractivity contribution in [1.29, 1.82) is 0 Å². The molecule has 0 radical (unpaired) electrons. The molecule has 0 bridgehead atoms. The van der Waals surface area contributed by atoms with Gasteiger partial charge in [-0.05, 0) is 40.0 Å². The van der Waals surface area contributed by atoms with Gasteiger partial charge in [-0.1, -0.05) is 13.3 Å². The minimum Gasteiger partial charge on any atom is -0.309 e. The maximum atomic E-state index is 13.1. The number of nitrogens with zero attached hydrogens (tertiary/aromatic N) is 1. The monoisotopic (exact) mass is 342 g/mol. The predicted molar refractivity (Wildman–Crippen MR) is 75.7 cm³/mol. The van der Waals surface area contributed by atoms with Gasteiger partial charge in [-0.2, -0.15) is 0 Å². The van der Waals surface area contributed by atoms with Gasteiger partial charge in [-0.3, -0.25) is 4.79 Å². The quantitative estimate of drug-likeness (QED) is 0.925. The Morgan fingerprint density at radius 3 is 2.50 bits per heavy atom. The van der Waals surface area contributed by atoms with E-state index in [0.717, 1.165) is 12.5 Å². The molecule has 2 aromatic rings. The Labute approximate surface area is 123 Å². The fourth-order valence-corrected chi connectivity index (χ4v) is 2.34. The molecule has 6 heteroatoms. The van der Waals surface area contributed by atoms with Gasteiger partial charge in [0.2, 0.25) is 0 Å². The molecule has 2 rings (SSSR count). The first kappa shape index (κ1) is 14.8. The second-order valence-electron chi connectivity index (χ2n) is 4.48. The highest BCUT2D eigenvalue weighted by molar-refractivity contribution is 9.10. The molecule has 20 heavy (non-hydrogen) atoms. The van der Waals surface area contributed by atoms with Crippen molar-refractivity contribution in [3.05, 3.63) is 61.7 Å². The first-order chi connectivity index (χ1) is 9.49. The van der Waals surface area contributed by atoms with Crippen LogP contribution in [-0.4, -0.2) is 9.97 Å². The van der Waals surface area contributed by atoms with E-state index in [1.165, 1.54) is 12.1 Å². The first-order valence-electron chi connectivity index (χ1n) is 6.22. The highest BCUT2D eigenvalue weighted by atomic mass is 79.9. The molecule has 1 N–H and O–H groups in total. The zero-order valence-electron chi connectivity index (χ0n) is 10.8. The van der Waals surface area contributed by atoms with Crippen LogP contribution in [0.2, 0.25) is 0 Å². The van der Waals surface area contributed by atoms with Gasteiger partial charge >= 0.3 is 0 Å². The number of benzene rings is 1. The number of hydrogen-bond donors (Lipinski definition) is 1. The molecule has 0 aliphatic rings. The van der Waals surface area contributed by atoms with Crippen molar-refractivity contribution in [2.24, 2.45) is 0 Å². The van der Waals surface area contributed by atoms with Crippen LogP contribution in [0.5, 0.6) is 0 Å². The number of halogens is 3. The van der Waals surface area contributed by atoms with Crippen molar-refractivity contribution in [2.45, 2.75) is 26.2 Å². The normalized spacial score (nSPS) is 10.8. The van der Waals surface area contributed by atoms with Gasteiger partial charge in [0.25, 0.3) is 5.56 Å². The molecular weight excluding hydrogens is 330 g/mol. The molecule has 3 nitrogen and oxygen atoms in total. The predicted octanol–water partition coefficient (Wildman–Crippen LogP) is 3.35. The van der Waals surface area contributed by atoms with Crippen molar-refractivity contribution in [3.63, 3.8) is 0 Å². The Bertz CT molecular complexity index is 665. The lowest BCUT2D eigenvalue weighted by atomic mass is 10.1. The van der Waals surface area contributed by atoms with Crippen molar-refractivity contribution in [1.82, 2.24) is 9.97 Å². The van der Waals surface area contributed by atoms with Crippen LogP contribution in [0.3, 0.4) is 0 Å². The van der Waals surface area contributed by atoms with E-state index < -0.39 is 11.6 Å². The van der Waals surface area contributed by atoms with E-state index in [9.17, 15) is 13.6 Å². The van der Waals surface area contributed by atoms with E-state index in [2.05, 4.69) is 25.9 Å². The molecular formula is C14H13BrF2N2O. The third-order valence-corrected chi connectivity index (χ3v) is 3.58. The summed E-state index contributed by atoms with van der Waals surface area (Å²) >= 11 is 3.20. The van der Waals surface area contributed by atoms with Crippen LogP contribution in [0.15, 0.2) is 27.5 Å². The Morgan fingerprint density at radius 1 is 1.25 bits per heavy atom. The minimum atomic E-state index is -0.645. The van der Waals surface area contributed by atoms with Crippen LogP contribution in [0.4, 0.5) is 8.78 Å². The Morgan fingerprint density at radius 2 is 1.90 bits per heavy atom. The molecule has 0 aliphatic carbocycles. The van der Waals surface area contributed by atoms with Crippen molar-refractivity contribution in [2.75, 3.05) is 0 Å². The third-order valence-electron chi connectivity index (χ3n) is 2.76. The molecule has 0 aliphatic heterocycles. The van der Waals surface area contributed by atoms with Crippen LogP contribution >= 0.6 is 15.9 Å². The fourth-order valence-electron chi connectivity index (χ4n) is 1.95. The van der Waals surface area contributed by atoms with Crippen LogP contribution in [-0.2, 0) is 12.8 Å². The number of rotatable bonds is 4. The number of aromatic nitrogens is 2. The SMILES string of the molecule is CCCc1nc(Cc2cc(F)cc(F)c2)[nH]c(=O)c1Br. The number of aryl methyl sites for hydroxylation is 1. The molecule has 0 unspecified atom stereocenters. The van der Waals surface area contributed by atoms with Crippen molar-refractivity contribution < 1.29 is 8.78 Å². The van der Waals surface area contributed by atoms with Crippen LogP contribution in [0, 0.1) is 11.6 Å². The van der Waals surface area contributed by atoms with Gasteiger partial charge in [0.05, 0.1) is 5.69 Å². The summed E-state index contributed by atoms with van der Waals surface area (Å²) in [4.78, 5) is 18.7. The Balaban J connectivity index is 2.36. The topological polar surface area (TPSA) is 45.8 Å². The molecule has 0 saturated carbocycles.